The zero-order valence-electron chi connectivity index (χ0n) is 12.9. The van der Waals surface area contributed by atoms with E-state index in [2.05, 4.69) is 4.98 Å². The number of alkyl halides is 3. The zero-order chi connectivity index (χ0) is 17.6. The van der Waals surface area contributed by atoms with Crippen LogP contribution in [0.5, 0.6) is 0 Å². The lowest BCUT2D eigenvalue weighted by molar-refractivity contribution is -0.137. The molecule has 2 heterocycles. The molecule has 128 valence electrons. The summed E-state index contributed by atoms with van der Waals surface area (Å²) in [4.78, 5) is 18.2. The Hall–Kier alpha value is -1.70. The standard InChI is InChI=1S/C14H17ClF3N3O2/c1-13(2,3)21(12(22)23)9-6-20(7-9)11-10(15)4-8(5-19-11)14(16,17)18/h4-5,9H,6-7H2,1-3H3,(H,22,23). The Morgan fingerprint density at radius 3 is 2.35 bits per heavy atom. The van der Waals surface area contributed by atoms with E-state index in [0.717, 1.165) is 12.3 Å². The van der Waals surface area contributed by atoms with Gasteiger partial charge in [0.15, 0.2) is 0 Å². The lowest BCUT2D eigenvalue weighted by Crippen LogP contribution is -2.65. The van der Waals surface area contributed by atoms with Gasteiger partial charge in [0.05, 0.1) is 16.6 Å². The predicted octanol–water partition coefficient (Wildman–Crippen LogP) is 3.72. The Balaban J connectivity index is 2.12. The maximum absolute atomic E-state index is 12.6. The van der Waals surface area contributed by atoms with Crippen molar-refractivity contribution in [1.29, 1.82) is 0 Å². The van der Waals surface area contributed by atoms with Crippen LogP contribution in [-0.4, -0.2) is 45.8 Å². The van der Waals surface area contributed by atoms with Crippen molar-refractivity contribution in [2.24, 2.45) is 0 Å². The molecule has 0 spiro atoms. The fourth-order valence-corrected chi connectivity index (χ4v) is 2.89. The lowest BCUT2D eigenvalue weighted by Gasteiger charge is -2.49. The van der Waals surface area contributed by atoms with Crippen molar-refractivity contribution in [2.45, 2.75) is 38.5 Å². The first kappa shape index (κ1) is 17.7. The van der Waals surface area contributed by atoms with Gasteiger partial charge in [-0.3, -0.25) is 4.90 Å². The number of carboxylic acid groups (broad SMARTS) is 1. The Kier molecular flexibility index (Phi) is 4.40. The minimum absolute atomic E-state index is 0.101. The molecule has 0 bridgehead atoms. The minimum atomic E-state index is -4.50. The number of nitrogens with zero attached hydrogens (tertiary/aromatic N) is 3. The molecule has 1 saturated heterocycles. The molecule has 1 amide bonds. The van der Waals surface area contributed by atoms with Crippen molar-refractivity contribution in [3.05, 3.63) is 22.8 Å². The van der Waals surface area contributed by atoms with Crippen molar-refractivity contribution >= 4 is 23.5 Å². The van der Waals surface area contributed by atoms with Crippen molar-refractivity contribution < 1.29 is 23.1 Å². The molecular formula is C14H17ClF3N3O2. The zero-order valence-corrected chi connectivity index (χ0v) is 13.6. The van der Waals surface area contributed by atoms with Crippen molar-refractivity contribution in [1.82, 2.24) is 9.88 Å². The van der Waals surface area contributed by atoms with E-state index in [1.807, 2.05) is 0 Å². The number of rotatable bonds is 2. The highest BCUT2D eigenvalue weighted by molar-refractivity contribution is 6.33. The Morgan fingerprint density at radius 2 is 1.96 bits per heavy atom. The van der Waals surface area contributed by atoms with Crippen molar-refractivity contribution in [3.8, 4) is 0 Å². The first-order valence-electron chi connectivity index (χ1n) is 6.91. The largest absolute Gasteiger partial charge is 0.465 e. The molecule has 23 heavy (non-hydrogen) atoms. The maximum atomic E-state index is 12.6. The molecule has 1 aromatic heterocycles. The van der Waals surface area contributed by atoms with Gasteiger partial charge in [0.25, 0.3) is 0 Å². The van der Waals surface area contributed by atoms with E-state index in [-0.39, 0.29) is 16.9 Å². The Bertz CT molecular complexity index is 610. The summed E-state index contributed by atoms with van der Waals surface area (Å²) in [6.45, 7) is 6.02. The summed E-state index contributed by atoms with van der Waals surface area (Å²) in [7, 11) is 0. The van der Waals surface area contributed by atoms with Crippen LogP contribution in [0.2, 0.25) is 5.02 Å². The molecule has 0 aliphatic carbocycles. The van der Waals surface area contributed by atoms with Gasteiger partial charge in [-0.1, -0.05) is 11.6 Å². The molecule has 1 aromatic rings. The second-order valence-electron chi connectivity index (χ2n) is 6.41. The molecular weight excluding hydrogens is 335 g/mol. The van der Waals surface area contributed by atoms with E-state index in [0.29, 0.717) is 13.1 Å². The van der Waals surface area contributed by atoms with Crippen LogP contribution in [0.25, 0.3) is 0 Å². The summed E-state index contributed by atoms with van der Waals surface area (Å²) in [5.74, 6) is 0.232. The Labute approximate surface area is 136 Å². The third kappa shape index (κ3) is 3.63. The van der Waals surface area contributed by atoms with Gasteiger partial charge in [-0.2, -0.15) is 13.2 Å². The fraction of sp³-hybridized carbons (Fsp3) is 0.571. The number of pyridine rings is 1. The molecule has 0 aromatic carbocycles. The van der Waals surface area contributed by atoms with Gasteiger partial charge < -0.3 is 10.0 Å². The number of aromatic nitrogens is 1. The lowest BCUT2D eigenvalue weighted by atomic mass is 9.99. The molecule has 1 fully saturated rings. The third-order valence-electron chi connectivity index (χ3n) is 3.60. The van der Waals surface area contributed by atoms with Gasteiger partial charge in [0.1, 0.15) is 5.82 Å². The van der Waals surface area contributed by atoms with Crippen LogP contribution in [0.4, 0.5) is 23.8 Å². The summed E-state index contributed by atoms with van der Waals surface area (Å²) < 4.78 is 37.8. The van der Waals surface area contributed by atoms with Gasteiger partial charge in [0.2, 0.25) is 0 Å². The number of amides is 1. The number of hydrogen-bond acceptors (Lipinski definition) is 3. The van der Waals surface area contributed by atoms with Gasteiger partial charge in [-0.05, 0) is 26.8 Å². The molecule has 5 nitrogen and oxygen atoms in total. The van der Waals surface area contributed by atoms with E-state index in [1.54, 1.807) is 25.7 Å². The minimum Gasteiger partial charge on any atom is -0.465 e. The topological polar surface area (TPSA) is 56.7 Å². The maximum Gasteiger partial charge on any atom is 0.417 e. The molecule has 0 saturated carbocycles. The SMILES string of the molecule is CC(C)(C)N(C(=O)O)C1CN(c2ncc(C(F)(F)F)cc2Cl)C1. The molecule has 1 aliphatic rings. The van der Waals surface area contributed by atoms with Crippen LogP contribution in [0.1, 0.15) is 26.3 Å². The highest BCUT2D eigenvalue weighted by Crippen LogP contribution is 2.35. The number of hydrogen-bond donors (Lipinski definition) is 1. The second kappa shape index (κ2) is 5.74. The second-order valence-corrected chi connectivity index (χ2v) is 6.82. The number of halogens is 4. The summed E-state index contributed by atoms with van der Waals surface area (Å²) in [5, 5.41) is 9.22. The van der Waals surface area contributed by atoms with Crippen LogP contribution in [-0.2, 0) is 6.18 Å². The third-order valence-corrected chi connectivity index (χ3v) is 3.88. The van der Waals surface area contributed by atoms with Crippen LogP contribution in [0.15, 0.2) is 12.3 Å². The molecule has 1 aliphatic heterocycles. The predicted molar refractivity (Wildman–Crippen MR) is 79.9 cm³/mol. The molecule has 2 rings (SSSR count). The van der Waals surface area contributed by atoms with E-state index < -0.39 is 23.4 Å². The fourth-order valence-electron chi connectivity index (χ4n) is 2.60. The molecule has 9 heteroatoms. The highest BCUT2D eigenvalue weighted by atomic mass is 35.5. The molecule has 0 atom stereocenters. The van der Waals surface area contributed by atoms with Gasteiger partial charge >= 0.3 is 12.3 Å². The van der Waals surface area contributed by atoms with E-state index in [4.69, 9.17) is 11.6 Å². The molecule has 0 radical (unpaired) electrons. The van der Waals surface area contributed by atoms with Crippen LogP contribution >= 0.6 is 11.6 Å². The summed E-state index contributed by atoms with van der Waals surface area (Å²) in [5.41, 5.74) is -1.48. The highest BCUT2D eigenvalue weighted by Gasteiger charge is 2.41. The summed E-state index contributed by atoms with van der Waals surface area (Å²) in [6.07, 6.45) is -4.81. The van der Waals surface area contributed by atoms with E-state index in [1.165, 1.54) is 4.90 Å². The first-order valence-corrected chi connectivity index (χ1v) is 7.29. The quantitative estimate of drug-likeness (QED) is 0.882. The normalized spacial score (nSPS) is 16.2. The summed E-state index contributed by atoms with van der Waals surface area (Å²) in [6, 6.07) is 0.573. The molecule has 1 N–H and O–H groups in total. The smallest absolute Gasteiger partial charge is 0.417 e. The Morgan fingerprint density at radius 1 is 1.39 bits per heavy atom. The molecule has 0 unspecified atom stereocenters. The summed E-state index contributed by atoms with van der Waals surface area (Å²) >= 11 is 5.89. The van der Waals surface area contributed by atoms with Crippen molar-refractivity contribution in [2.75, 3.05) is 18.0 Å². The van der Waals surface area contributed by atoms with E-state index in [9.17, 15) is 23.1 Å². The van der Waals surface area contributed by atoms with Crippen molar-refractivity contribution in [3.63, 3.8) is 0 Å². The average molecular weight is 352 g/mol. The monoisotopic (exact) mass is 351 g/mol. The van der Waals surface area contributed by atoms with E-state index >= 15 is 0 Å². The van der Waals surface area contributed by atoms with Crippen LogP contribution in [0.3, 0.4) is 0 Å². The van der Waals surface area contributed by atoms with Gasteiger partial charge in [-0.15, -0.1) is 0 Å². The van der Waals surface area contributed by atoms with Crippen LogP contribution < -0.4 is 4.90 Å². The van der Waals surface area contributed by atoms with Gasteiger partial charge in [0, 0.05) is 24.8 Å². The average Bonchev–Trinajstić information content (AvgIpc) is 2.30. The first-order chi connectivity index (χ1) is 10.4. The number of carbonyl (C=O) groups is 1. The number of anilines is 1. The van der Waals surface area contributed by atoms with Gasteiger partial charge in [-0.25, -0.2) is 9.78 Å². The van der Waals surface area contributed by atoms with Crippen LogP contribution in [0, 0.1) is 0 Å².